The summed E-state index contributed by atoms with van der Waals surface area (Å²) in [5.74, 6) is -0.259. The van der Waals surface area contributed by atoms with Gasteiger partial charge in [0.2, 0.25) is 5.91 Å². The number of amides is 1. The minimum absolute atomic E-state index is 0.00351. The lowest BCUT2D eigenvalue weighted by Gasteiger charge is -2.39. The van der Waals surface area contributed by atoms with E-state index in [1.165, 1.54) is 6.92 Å². The molecule has 2 bridgehead atoms. The van der Waals surface area contributed by atoms with Crippen LogP contribution in [0.5, 0.6) is 0 Å². The van der Waals surface area contributed by atoms with Crippen molar-refractivity contribution in [2.75, 3.05) is 5.32 Å². The van der Waals surface area contributed by atoms with Crippen molar-refractivity contribution in [3.8, 4) is 12.1 Å². The van der Waals surface area contributed by atoms with Crippen LogP contribution in [0.15, 0.2) is 24.3 Å². The van der Waals surface area contributed by atoms with Gasteiger partial charge < -0.3 is 5.32 Å². The van der Waals surface area contributed by atoms with Gasteiger partial charge >= 0.3 is 0 Å². The second kappa shape index (κ2) is 6.21. The predicted octanol–water partition coefficient (Wildman–Crippen LogP) is 3.39. The number of rotatable bonds is 3. The highest BCUT2D eigenvalue weighted by atomic mass is 16.2. The number of benzene rings is 1. The lowest BCUT2D eigenvalue weighted by atomic mass is 9.63. The predicted molar refractivity (Wildman–Crippen MR) is 109 cm³/mol. The van der Waals surface area contributed by atoms with E-state index in [-0.39, 0.29) is 23.1 Å². The molecule has 4 rings (SSSR count). The molecule has 1 N–H and O–H groups in total. The number of nitrogens with one attached hydrogen (secondary N) is 1. The first-order valence-corrected chi connectivity index (χ1v) is 9.78. The summed E-state index contributed by atoms with van der Waals surface area (Å²) in [5, 5.41) is 21.8. The number of ketones is 1. The maximum Gasteiger partial charge on any atom is 0.237 e. The van der Waals surface area contributed by atoms with E-state index in [0.717, 1.165) is 6.42 Å². The van der Waals surface area contributed by atoms with E-state index in [0.29, 0.717) is 29.1 Å². The quantitative estimate of drug-likeness (QED) is 0.790. The standard InChI is InChI=1S/C23H21N5O2/c1-13(29)14-5-7-15(8-6-14)26-20(30)23-10-9-22(4,21(23,2)3)18-19(23)28-17(12-25)16(11-24)27-18/h5-8H,9-10H2,1-4H3,(H,26,30). The fourth-order valence-electron chi connectivity index (χ4n) is 5.17. The van der Waals surface area contributed by atoms with Crippen molar-refractivity contribution in [1.29, 1.82) is 10.5 Å². The molecule has 2 unspecified atom stereocenters. The molecule has 150 valence electrons. The number of hydrogen-bond acceptors (Lipinski definition) is 6. The Morgan fingerprint density at radius 2 is 1.53 bits per heavy atom. The van der Waals surface area contributed by atoms with Gasteiger partial charge in [0.05, 0.1) is 16.8 Å². The Bertz CT molecular complexity index is 1190. The summed E-state index contributed by atoms with van der Waals surface area (Å²) in [6.45, 7) is 7.60. The summed E-state index contributed by atoms with van der Waals surface area (Å²) >= 11 is 0. The monoisotopic (exact) mass is 399 g/mol. The summed E-state index contributed by atoms with van der Waals surface area (Å²) in [5.41, 5.74) is 0.294. The molecular weight excluding hydrogens is 378 g/mol. The SMILES string of the molecule is CC(=O)c1ccc(NC(=O)C23CCC(C)(c4nc(C#N)c(C#N)nc42)C3(C)C)cc1. The first-order valence-electron chi connectivity index (χ1n) is 9.78. The van der Waals surface area contributed by atoms with Crippen molar-refractivity contribution in [2.45, 2.75) is 51.4 Å². The van der Waals surface area contributed by atoms with Crippen molar-refractivity contribution in [2.24, 2.45) is 5.41 Å². The Kier molecular flexibility index (Phi) is 4.08. The van der Waals surface area contributed by atoms with Crippen molar-refractivity contribution >= 4 is 17.4 Å². The summed E-state index contributed by atoms with van der Waals surface area (Å²) in [7, 11) is 0. The zero-order valence-electron chi connectivity index (χ0n) is 17.3. The normalized spacial score (nSPS) is 25.1. The molecular formula is C23H21N5O2. The smallest absolute Gasteiger partial charge is 0.237 e. The average molecular weight is 399 g/mol. The maximum absolute atomic E-state index is 13.7. The third-order valence-corrected chi connectivity index (χ3v) is 7.42. The number of hydrogen-bond donors (Lipinski definition) is 1. The molecule has 2 aliphatic rings. The minimum atomic E-state index is -0.969. The zero-order chi connectivity index (χ0) is 21.9. The molecule has 1 amide bonds. The number of carbonyl (C=O) groups excluding carboxylic acids is 2. The maximum atomic E-state index is 13.7. The van der Waals surface area contributed by atoms with E-state index < -0.39 is 16.2 Å². The summed E-state index contributed by atoms with van der Waals surface area (Å²) in [6.07, 6.45) is 1.31. The van der Waals surface area contributed by atoms with Crippen LogP contribution in [-0.4, -0.2) is 21.7 Å². The topological polar surface area (TPSA) is 120 Å². The van der Waals surface area contributed by atoms with Crippen molar-refractivity contribution in [1.82, 2.24) is 9.97 Å². The Morgan fingerprint density at radius 3 is 2.07 bits per heavy atom. The Balaban J connectivity index is 1.83. The molecule has 7 nitrogen and oxygen atoms in total. The first kappa shape index (κ1) is 19.7. The molecule has 1 fully saturated rings. The first-order chi connectivity index (χ1) is 14.1. The van der Waals surface area contributed by atoms with E-state index in [2.05, 4.69) is 22.2 Å². The zero-order valence-corrected chi connectivity index (χ0v) is 17.3. The second-order valence-corrected chi connectivity index (χ2v) is 8.79. The second-order valence-electron chi connectivity index (χ2n) is 8.79. The number of carbonyl (C=O) groups is 2. The number of Topliss-reactive ketones (excluding diaryl/α,β-unsaturated/α-hetero) is 1. The van der Waals surface area contributed by atoms with Crippen LogP contribution < -0.4 is 5.32 Å². The molecule has 1 aromatic carbocycles. The van der Waals surface area contributed by atoms with Gasteiger partial charge in [-0.05, 0) is 49.4 Å². The van der Waals surface area contributed by atoms with Crippen LogP contribution >= 0.6 is 0 Å². The third kappa shape index (κ3) is 2.23. The summed E-state index contributed by atoms with van der Waals surface area (Å²) in [4.78, 5) is 34.2. The van der Waals surface area contributed by atoms with E-state index in [4.69, 9.17) is 0 Å². The fourth-order valence-corrected chi connectivity index (χ4v) is 5.17. The molecule has 2 atom stereocenters. The Morgan fingerprint density at radius 1 is 0.967 bits per heavy atom. The third-order valence-electron chi connectivity index (χ3n) is 7.42. The molecule has 30 heavy (non-hydrogen) atoms. The highest BCUT2D eigenvalue weighted by Gasteiger charge is 2.73. The van der Waals surface area contributed by atoms with Gasteiger partial charge in [-0.2, -0.15) is 10.5 Å². The minimum Gasteiger partial charge on any atom is -0.325 e. The van der Waals surface area contributed by atoms with Crippen molar-refractivity contribution in [3.05, 3.63) is 52.6 Å². The van der Waals surface area contributed by atoms with E-state index in [1.54, 1.807) is 24.3 Å². The molecule has 2 aromatic rings. The van der Waals surface area contributed by atoms with Crippen LogP contribution in [0, 0.1) is 28.1 Å². The van der Waals surface area contributed by atoms with Crippen LogP contribution in [0.4, 0.5) is 5.69 Å². The lowest BCUT2D eigenvalue weighted by molar-refractivity contribution is -0.125. The van der Waals surface area contributed by atoms with Gasteiger partial charge in [0.15, 0.2) is 17.2 Å². The number of aromatic nitrogens is 2. The van der Waals surface area contributed by atoms with Gasteiger partial charge in [-0.25, -0.2) is 9.97 Å². The fraction of sp³-hybridized carbons (Fsp3) is 0.391. The van der Waals surface area contributed by atoms with Crippen molar-refractivity contribution in [3.63, 3.8) is 0 Å². The number of fused-ring (bicyclic) bond motifs is 5. The van der Waals surface area contributed by atoms with E-state index in [1.807, 2.05) is 26.0 Å². The summed E-state index contributed by atoms with van der Waals surface area (Å²) in [6, 6.07) is 10.6. The lowest BCUT2D eigenvalue weighted by Crippen LogP contribution is -2.48. The van der Waals surface area contributed by atoms with Gasteiger partial charge in [-0.3, -0.25) is 9.59 Å². The largest absolute Gasteiger partial charge is 0.325 e. The van der Waals surface area contributed by atoms with Gasteiger partial charge in [-0.1, -0.05) is 20.8 Å². The van der Waals surface area contributed by atoms with Gasteiger partial charge in [-0.15, -0.1) is 0 Å². The molecule has 1 saturated carbocycles. The molecule has 0 spiro atoms. The molecule has 1 aromatic heterocycles. The van der Waals surface area contributed by atoms with E-state index in [9.17, 15) is 20.1 Å². The van der Waals surface area contributed by atoms with Crippen LogP contribution in [0.25, 0.3) is 0 Å². The Labute approximate surface area is 174 Å². The van der Waals surface area contributed by atoms with Gasteiger partial charge in [0, 0.05) is 16.7 Å². The highest BCUT2D eigenvalue weighted by molar-refractivity contribution is 6.02. The van der Waals surface area contributed by atoms with Gasteiger partial charge in [0.25, 0.3) is 0 Å². The Hall–Kier alpha value is -3.58. The molecule has 2 aliphatic carbocycles. The number of anilines is 1. The number of nitrogens with zero attached hydrogens (tertiary/aromatic N) is 4. The van der Waals surface area contributed by atoms with Crippen LogP contribution in [-0.2, 0) is 15.6 Å². The van der Waals surface area contributed by atoms with Crippen LogP contribution in [0.3, 0.4) is 0 Å². The summed E-state index contributed by atoms with van der Waals surface area (Å²) < 4.78 is 0. The molecule has 0 saturated heterocycles. The van der Waals surface area contributed by atoms with Crippen LogP contribution in [0.2, 0.25) is 0 Å². The molecule has 7 heteroatoms. The highest BCUT2D eigenvalue weighted by Crippen LogP contribution is 2.70. The average Bonchev–Trinajstić information content (AvgIpc) is 3.02. The number of nitriles is 2. The molecule has 1 heterocycles. The molecule has 0 aliphatic heterocycles. The van der Waals surface area contributed by atoms with Gasteiger partial charge in [0.1, 0.15) is 12.1 Å². The van der Waals surface area contributed by atoms with Crippen LogP contribution in [0.1, 0.15) is 73.7 Å². The van der Waals surface area contributed by atoms with E-state index >= 15 is 0 Å². The molecule has 0 radical (unpaired) electrons. The van der Waals surface area contributed by atoms with Crippen molar-refractivity contribution < 1.29 is 9.59 Å².